The molecule has 128 valence electrons. The van der Waals surface area contributed by atoms with Crippen molar-refractivity contribution in [3.05, 3.63) is 41.9 Å². The fourth-order valence-electron chi connectivity index (χ4n) is 2.73. The number of aromatic nitrogens is 2. The molecule has 1 atom stereocenters. The molecule has 3 rings (SSSR count). The summed E-state index contributed by atoms with van der Waals surface area (Å²) in [6.45, 7) is 3.70. The molecular weight excluding hydrogens is 308 g/mol. The van der Waals surface area contributed by atoms with Gasteiger partial charge in [0.15, 0.2) is 0 Å². The molecular formula is C17H22N4O3. The molecule has 1 fully saturated rings. The number of amides is 1. The lowest BCUT2D eigenvalue weighted by molar-refractivity contribution is 0.0731. The molecule has 1 unspecified atom stereocenters. The number of rotatable bonds is 5. The molecule has 0 radical (unpaired) electrons. The highest BCUT2D eigenvalue weighted by Gasteiger charge is 2.30. The van der Waals surface area contributed by atoms with E-state index in [0.717, 1.165) is 24.4 Å². The molecule has 0 aliphatic carbocycles. The molecule has 0 bridgehead atoms. The molecule has 2 aromatic heterocycles. The van der Waals surface area contributed by atoms with E-state index in [9.17, 15) is 4.79 Å². The Hall–Kier alpha value is -2.41. The van der Waals surface area contributed by atoms with Crippen molar-refractivity contribution >= 4 is 5.91 Å². The molecule has 1 saturated heterocycles. The van der Waals surface area contributed by atoms with Crippen LogP contribution in [0.3, 0.4) is 0 Å². The summed E-state index contributed by atoms with van der Waals surface area (Å²) in [5, 5.41) is 0. The third kappa shape index (κ3) is 3.91. The molecule has 3 heterocycles. The molecule has 0 saturated carbocycles. The van der Waals surface area contributed by atoms with Gasteiger partial charge in [0, 0.05) is 31.8 Å². The van der Waals surface area contributed by atoms with Crippen LogP contribution >= 0.6 is 0 Å². The summed E-state index contributed by atoms with van der Waals surface area (Å²) in [5.74, 6) is 1.38. The molecule has 7 heteroatoms. The maximum atomic E-state index is 12.3. The Morgan fingerprint density at radius 3 is 3.00 bits per heavy atom. The molecule has 0 N–H and O–H groups in total. The van der Waals surface area contributed by atoms with E-state index in [1.165, 1.54) is 0 Å². The highest BCUT2D eigenvalue weighted by atomic mass is 16.5. The number of aryl methyl sites for hydroxylation is 1. The van der Waals surface area contributed by atoms with Crippen LogP contribution in [0.5, 0.6) is 5.75 Å². The first-order chi connectivity index (χ1) is 11.5. The normalized spacial score (nSPS) is 17.5. The van der Waals surface area contributed by atoms with Crippen molar-refractivity contribution in [3.8, 4) is 5.75 Å². The molecule has 2 aromatic rings. The Kier molecular flexibility index (Phi) is 4.80. The van der Waals surface area contributed by atoms with Crippen molar-refractivity contribution in [2.45, 2.75) is 26.0 Å². The van der Waals surface area contributed by atoms with E-state index in [1.807, 2.05) is 26.2 Å². The summed E-state index contributed by atoms with van der Waals surface area (Å²) >= 11 is 0. The molecule has 24 heavy (non-hydrogen) atoms. The maximum absolute atomic E-state index is 12.3. The van der Waals surface area contributed by atoms with Crippen molar-refractivity contribution < 1.29 is 13.9 Å². The van der Waals surface area contributed by atoms with Gasteiger partial charge >= 0.3 is 5.91 Å². The van der Waals surface area contributed by atoms with Crippen molar-refractivity contribution in [1.82, 2.24) is 19.8 Å². The van der Waals surface area contributed by atoms with Crippen LogP contribution in [0.25, 0.3) is 0 Å². The fourth-order valence-corrected chi connectivity index (χ4v) is 2.73. The summed E-state index contributed by atoms with van der Waals surface area (Å²) < 4.78 is 11.3. The van der Waals surface area contributed by atoms with E-state index >= 15 is 0 Å². The van der Waals surface area contributed by atoms with Gasteiger partial charge in [-0.05, 0) is 27.1 Å². The molecule has 1 aliphatic rings. The van der Waals surface area contributed by atoms with E-state index in [1.54, 1.807) is 24.2 Å². The number of nitrogens with zero attached hydrogens (tertiary/aromatic N) is 4. The van der Waals surface area contributed by atoms with Gasteiger partial charge in [0.25, 0.3) is 5.89 Å². The lowest BCUT2D eigenvalue weighted by atomic mass is 10.3. The Bertz CT molecular complexity index is 713. The summed E-state index contributed by atoms with van der Waals surface area (Å²) in [5.41, 5.74) is 0.957. The lowest BCUT2D eigenvalue weighted by Crippen LogP contribution is -2.31. The number of ether oxygens (including phenoxy) is 1. The summed E-state index contributed by atoms with van der Waals surface area (Å²) in [6.07, 6.45) is 4.07. The van der Waals surface area contributed by atoms with E-state index in [2.05, 4.69) is 14.9 Å². The smallest absolute Gasteiger partial charge is 0.309 e. The summed E-state index contributed by atoms with van der Waals surface area (Å²) in [7, 11) is 4.00. The zero-order valence-corrected chi connectivity index (χ0v) is 14.2. The van der Waals surface area contributed by atoms with Crippen LogP contribution in [0.2, 0.25) is 0 Å². The van der Waals surface area contributed by atoms with Crippen LogP contribution in [0.15, 0.2) is 28.9 Å². The second-order valence-electron chi connectivity index (χ2n) is 6.28. The van der Waals surface area contributed by atoms with Crippen LogP contribution < -0.4 is 4.74 Å². The molecule has 0 spiro atoms. The van der Waals surface area contributed by atoms with Gasteiger partial charge in [-0.2, -0.15) is 0 Å². The first kappa shape index (κ1) is 16.4. The third-order valence-electron chi connectivity index (χ3n) is 3.81. The number of carbonyl (C=O) groups is 1. The predicted molar refractivity (Wildman–Crippen MR) is 87.8 cm³/mol. The van der Waals surface area contributed by atoms with Crippen molar-refractivity contribution in [1.29, 1.82) is 0 Å². The van der Waals surface area contributed by atoms with Crippen molar-refractivity contribution in [2.75, 3.05) is 27.2 Å². The van der Waals surface area contributed by atoms with Gasteiger partial charge in [-0.1, -0.05) is 0 Å². The van der Waals surface area contributed by atoms with Gasteiger partial charge in [0.05, 0.1) is 18.4 Å². The highest BCUT2D eigenvalue weighted by Crippen LogP contribution is 2.20. The van der Waals surface area contributed by atoms with E-state index in [0.29, 0.717) is 18.8 Å². The van der Waals surface area contributed by atoms with Gasteiger partial charge in [-0.25, -0.2) is 4.98 Å². The minimum absolute atomic E-state index is 0.0281. The van der Waals surface area contributed by atoms with Gasteiger partial charge < -0.3 is 19.0 Å². The van der Waals surface area contributed by atoms with Gasteiger partial charge in [-0.3, -0.25) is 9.78 Å². The second-order valence-corrected chi connectivity index (χ2v) is 6.28. The zero-order chi connectivity index (χ0) is 17.1. The first-order valence-corrected chi connectivity index (χ1v) is 7.99. The quantitative estimate of drug-likeness (QED) is 0.831. The van der Waals surface area contributed by atoms with Gasteiger partial charge in [0.2, 0.25) is 0 Å². The SMILES string of the molecule is Cc1cnc(C(=O)N2CCC(Oc3ccnc(CN(C)C)c3)C2)o1. The topological polar surface area (TPSA) is 71.7 Å². The fraction of sp³-hybridized carbons (Fsp3) is 0.471. The number of hydrogen-bond donors (Lipinski definition) is 0. The van der Waals surface area contributed by atoms with Crippen LogP contribution in [0.4, 0.5) is 0 Å². The standard InChI is InChI=1S/C17H22N4O3/c1-12-9-19-16(23-12)17(22)21-7-5-15(11-21)24-14-4-6-18-13(8-14)10-20(2)3/h4,6,8-9,15H,5,7,10-11H2,1-3H3. The molecule has 0 aromatic carbocycles. The average Bonchev–Trinajstić information content (AvgIpc) is 3.15. The highest BCUT2D eigenvalue weighted by molar-refractivity contribution is 5.89. The minimum atomic E-state index is -0.183. The number of oxazole rings is 1. The molecule has 1 amide bonds. The summed E-state index contributed by atoms with van der Waals surface area (Å²) in [4.78, 5) is 24.4. The summed E-state index contributed by atoms with van der Waals surface area (Å²) in [6, 6.07) is 3.79. The van der Waals surface area contributed by atoms with Gasteiger partial charge in [-0.15, -0.1) is 0 Å². The Morgan fingerprint density at radius 2 is 2.29 bits per heavy atom. The van der Waals surface area contributed by atoms with Gasteiger partial charge in [0.1, 0.15) is 17.6 Å². The second kappa shape index (κ2) is 7.00. The minimum Gasteiger partial charge on any atom is -0.488 e. The Morgan fingerprint density at radius 1 is 1.46 bits per heavy atom. The molecule has 1 aliphatic heterocycles. The van der Waals surface area contributed by atoms with Crippen LogP contribution in [-0.2, 0) is 6.54 Å². The van der Waals surface area contributed by atoms with E-state index in [-0.39, 0.29) is 17.9 Å². The lowest BCUT2D eigenvalue weighted by Gasteiger charge is -2.16. The largest absolute Gasteiger partial charge is 0.488 e. The van der Waals surface area contributed by atoms with Crippen LogP contribution in [0, 0.1) is 6.92 Å². The number of hydrogen-bond acceptors (Lipinski definition) is 6. The monoisotopic (exact) mass is 330 g/mol. The first-order valence-electron chi connectivity index (χ1n) is 7.99. The van der Waals surface area contributed by atoms with E-state index in [4.69, 9.17) is 9.15 Å². The van der Waals surface area contributed by atoms with Crippen LogP contribution in [0.1, 0.15) is 28.6 Å². The van der Waals surface area contributed by atoms with Crippen molar-refractivity contribution in [2.24, 2.45) is 0 Å². The zero-order valence-electron chi connectivity index (χ0n) is 14.2. The third-order valence-corrected chi connectivity index (χ3v) is 3.81. The molecule has 7 nitrogen and oxygen atoms in total. The Balaban J connectivity index is 1.59. The number of pyridine rings is 1. The average molecular weight is 330 g/mol. The Labute approximate surface area is 141 Å². The number of likely N-dealkylation sites (tertiary alicyclic amines) is 1. The van der Waals surface area contributed by atoms with Crippen LogP contribution in [-0.4, -0.2) is 59.0 Å². The predicted octanol–water partition coefficient (Wildman–Crippen LogP) is 1.73. The number of carbonyl (C=O) groups excluding carboxylic acids is 1. The van der Waals surface area contributed by atoms with Crippen molar-refractivity contribution in [3.63, 3.8) is 0 Å². The van der Waals surface area contributed by atoms with E-state index < -0.39 is 0 Å². The maximum Gasteiger partial charge on any atom is 0.309 e.